The summed E-state index contributed by atoms with van der Waals surface area (Å²) >= 11 is 0. The molecule has 3 rings (SSSR count). The van der Waals surface area contributed by atoms with Crippen LogP contribution in [0.25, 0.3) is 0 Å². The van der Waals surface area contributed by atoms with Crippen LogP contribution in [0.15, 0.2) is 24.3 Å². The van der Waals surface area contributed by atoms with E-state index in [-0.39, 0.29) is 11.6 Å². The number of benzene rings is 1. The second-order valence-corrected chi connectivity index (χ2v) is 7.26. The number of hydrogen-bond acceptors (Lipinski definition) is 2. The first kappa shape index (κ1) is 19.5. The maximum absolute atomic E-state index is 13.1. The lowest BCUT2D eigenvalue weighted by Crippen LogP contribution is -2.61. The van der Waals surface area contributed by atoms with E-state index >= 15 is 0 Å². The molecule has 2 N–H and O–H groups in total. The summed E-state index contributed by atoms with van der Waals surface area (Å²) in [6.45, 7) is 1.33. The van der Waals surface area contributed by atoms with Crippen molar-refractivity contribution in [1.82, 2.24) is 10.2 Å². The number of amides is 3. The van der Waals surface area contributed by atoms with Crippen LogP contribution in [-0.2, 0) is 11.0 Å². The van der Waals surface area contributed by atoms with Crippen LogP contribution in [0.2, 0.25) is 0 Å². The lowest BCUT2D eigenvalue weighted by Gasteiger charge is -2.39. The molecular formula is C19H24F3N3O2. The van der Waals surface area contributed by atoms with E-state index in [9.17, 15) is 22.8 Å². The second-order valence-electron chi connectivity index (χ2n) is 7.26. The van der Waals surface area contributed by atoms with Crippen molar-refractivity contribution >= 4 is 17.6 Å². The number of carbonyl (C=O) groups is 2. The number of hydrogen-bond donors (Lipinski definition) is 2. The minimum atomic E-state index is -4.57. The molecule has 1 aromatic carbocycles. The maximum atomic E-state index is 13.1. The summed E-state index contributed by atoms with van der Waals surface area (Å²) in [5.74, 6) is -0.112. The molecule has 1 saturated heterocycles. The average molecular weight is 383 g/mol. The predicted octanol–water partition coefficient (Wildman–Crippen LogP) is 4.15. The van der Waals surface area contributed by atoms with Gasteiger partial charge in [-0.25, -0.2) is 4.79 Å². The van der Waals surface area contributed by atoms with Crippen LogP contribution in [-0.4, -0.2) is 35.5 Å². The van der Waals surface area contributed by atoms with Crippen molar-refractivity contribution in [3.8, 4) is 0 Å². The van der Waals surface area contributed by atoms with E-state index in [1.807, 2.05) is 0 Å². The van der Waals surface area contributed by atoms with Crippen molar-refractivity contribution < 1.29 is 22.8 Å². The first-order valence-electron chi connectivity index (χ1n) is 9.37. The predicted molar refractivity (Wildman–Crippen MR) is 95.2 cm³/mol. The van der Waals surface area contributed by atoms with Crippen molar-refractivity contribution in [1.29, 1.82) is 0 Å². The summed E-state index contributed by atoms with van der Waals surface area (Å²) in [5.41, 5.74) is -2.26. The average Bonchev–Trinajstić information content (AvgIpc) is 3.16. The van der Waals surface area contributed by atoms with Gasteiger partial charge in [-0.3, -0.25) is 4.79 Å². The Morgan fingerprint density at radius 3 is 2.22 bits per heavy atom. The SMILES string of the molecule is O=C(Nc1ccccc1C(F)(F)F)NC1(C(=O)N2CCCC2)CCCCC1. The largest absolute Gasteiger partial charge is 0.418 e. The van der Waals surface area contributed by atoms with Crippen LogP contribution in [0.4, 0.5) is 23.7 Å². The van der Waals surface area contributed by atoms with E-state index in [0.29, 0.717) is 25.9 Å². The van der Waals surface area contributed by atoms with Gasteiger partial charge in [0.05, 0.1) is 11.3 Å². The molecule has 2 aliphatic rings. The summed E-state index contributed by atoms with van der Waals surface area (Å²) in [7, 11) is 0. The molecule has 148 valence electrons. The highest BCUT2D eigenvalue weighted by atomic mass is 19.4. The summed E-state index contributed by atoms with van der Waals surface area (Å²) in [4.78, 5) is 27.3. The lowest BCUT2D eigenvalue weighted by atomic mass is 9.80. The van der Waals surface area contributed by atoms with E-state index < -0.39 is 23.3 Å². The second kappa shape index (κ2) is 7.78. The van der Waals surface area contributed by atoms with Gasteiger partial charge >= 0.3 is 12.2 Å². The molecule has 0 unspecified atom stereocenters. The number of carbonyl (C=O) groups excluding carboxylic acids is 2. The molecule has 1 saturated carbocycles. The van der Waals surface area contributed by atoms with E-state index in [1.54, 1.807) is 4.90 Å². The van der Waals surface area contributed by atoms with Crippen LogP contribution in [0.3, 0.4) is 0 Å². The molecule has 0 radical (unpaired) electrons. The minimum absolute atomic E-state index is 0.112. The van der Waals surface area contributed by atoms with Gasteiger partial charge in [0.2, 0.25) is 5.91 Å². The number of nitrogens with one attached hydrogen (secondary N) is 2. The van der Waals surface area contributed by atoms with Gasteiger partial charge in [-0.2, -0.15) is 13.2 Å². The van der Waals surface area contributed by atoms with Gasteiger partial charge in [0.1, 0.15) is 5.54 Å². The number of urea groups is 1. The van der Waals surface area contributed by atoms with Crippen LogP contribution < -0.4 is 10.6 Å². The van der Waals surface area contributed by atoms with Gasteiger partial charge in [0.25, 0.3) is 0 Å². The summed E-state index contributed by atoms with van der Waals surface area (Å²) in [6, 6.07) is 4.04. The van der Waals surface area contributed by atoms with Crippen molar-refractivity contribution in [2.75, 3.05) is 18.4 Å². The first-order chi connectivity index (χ1) is 12.8. The molecule has 27 heavy (non-hydrogen) atoms. The first-order valence-corrected chi connectivity index (χ1v) is 9.37. The van der Waals surface area contributed by atoms with Gasteiger partial charge in [-0.05, 0) is 37.8 Å². The lowest BCUT2D eigenvalue weighted by molar-refractivity contribution is -0.138. The molecule has 3 amide bonds. The normalized spacial score (nSPS) is 19.6. The molecule has 1 aliphatic carbocycles. The molecule has 1 aliphatic heterocycles. The Balaban J connectivity index is 1.77. The Morgan fingerprint density at radius 1 is 0.963 bits per heavy atom. The number of alkyl halides is 3. The standard InChI is InChI=1S/C19H24F3N3O2/c20-19(21,22)14-8-2-3-9-15(14)23-17(27)24-18(10-4-1-5-11-18)16(26)25-12-6-7-13-25/h2-3,8-9H,1,4-7,10-13H2,(H2,23,24,27). The van der Waals surface area contributed by atoms with E-state index in [4.69, 9.17) is 0 Å². The Hall–Kier alpha value is -2.25. The number of rotatable bonds is 3. The minimum Gasteiger partial charge on any atom is -0.341 e. The van der Waals surface area contributed by atoms with Gasteiger partial charge < -0.3 is 15.5 Å². The number of likely N-dealkylation sites (tertiary alicyclic amines) is 1. The smallest absolute Gasteiger partial charge is 0.341 e. The molecular weight excluding hydrogens is 359 g/mol. The molecule has 1 heterocycles. The molecule has 2 fully saturated rings. The zero-order valence-corrected chi connectivity index (χ0v) is 15.1. The van der Waals surface area contributed by atoms with Gasteiger partial charge in [0.15, 0.2) is 0 Å². The molecule has 1 aromatic rings. The number of nitrogens with zero attached hydrogens (tertiary/aromatic N) is 1. The summed E-state index contributed by atoms with van der Waals surface area (Å²) in [6.07, 6.45) is 0.915. The van der Waals surface area contributed by atoms with Gasteiger partial charge in [-0.15, -0.1) is 0 Å². The molecule has 0 spiro atoms. The van der Waals surface area contributed by atoms with Crippen LogP contribution in [0.5, 0.6) is 0 Å². The van der Waals surface area contributed by atoms with Crippen molar-refractivity contribution in [3.05, 3.63) is 29.8 Å². The molecule has 0 aromatic heterocycles. The van der Waals surface area contributed by atoms with Crippen molar-refractivity contribution in [2.24, 2.45) is 0 Å². The number of anilines is 1. The van der Waals surface area contributed by atoms with E-state index in [2.05, 4.69) is 10.6 Å². The Kier molecular flexibility index (Phi) is 5.62. The molecule has 5 nitrogen and oxygen atoms in total. The quantitative estimate of drug-likeness (QED) is 0.824. The number of halogens is 3. The highest BCUT2D eigenvalue weighted by molar-refractivity contribution is 5.96. The molecule has 0 bridgehead atoms. The highest BCUT2D eigenvalue weighted by Gasteiger charge is 2.44. The fourth-order valence-electron chi connectivity index (χ4n) is 3.98. The van der Waals surface area contributed by atoms with E-state index in [1.165, 1.54) is 18.2 Å². The van der Waals surface area contributed by atoms with Gasteiger partial charge in [0, 0.05) is 13.1 Å². The Bertz CT molecular complexity index is 694. The Labute approximate surface area is 156 Å². The topological polar surface area (TPSA) is 61.4 Å². The number of para-hydroxylation sites is 1. The summed E-state index contributed by atoms with van der Waals surface area (Å²) < 4.78 is 39.4. The van der Waals surface area contributed by atoms with Crippen molar-refractivity contribution in [2.45, 2.75) is 56.7 Å². The fourth-order valence-corrected chi connectivity index (χ4v) is 3.98. The zero-order valence-electron chi connectivity index (χ0n) is 15.1. The van der Waals surface area contributed by atoms with Crippen LogP contribution >= 0.6 is 0 Å². The van der Waals surface area contributed by atoms with Crippen LogP contribution in [0, 0.1) is 0 Å². The van der Waals surface area contributed by atoms with E-state index in [0.717, 1.165) is 38.2 Å². The van der Waals surface area contributed by atoms with Crippen LogP contribution in [0.1, 0.15) is 50.5 Å². The molecule has 8 heteroatoms. The third kappa shape index (κ3) is 4.36. The van der Waals surface area contributed by atoms with Gasteiger partial charge in [-0.1, -0.05) is 31.4 Å². The molecule has 0 atom stereocenters. The Morgan fingerprint density at radius 2 is 1.59 bits per heavy atom. The zero-order chi connectivity index (χ0) is 19.5. The highest BCUT2D eigenvalue weighted by Crippen LogP contribution is 2.35. The third-order valence-electron chi connectivity index (χ3n) is 5.34. The maximum Gasteiger partial charge on any atom is 0.418 e. The van der Waals surface area contributed by atoms with Crippen molar-refractivity contribution in [3.63, 3.8) is 0 Å². The third-order valence-corrected chi connectivity index (χ3v) is 5.34. The monoisotopic (exact) mass is 383 g/mol. The fraction of sp³-hybridized carbons (Fsp3) is 0.579. The summed E-state index contributed by atoms with van der Waals surface area (Å²) in [5, 5.41) is 5.02.